The minimum absolute atomic E-state index is 0.0463. The smallest absolute Gasteiger partial charge is 0.289 e. The average molecular weight is 557 g/mol. The maximum Gasteiger partial charge on any atom is 0.289 e. The highest BCUT2D eigenvalue weighted by Crippen LogP contribution is 2.36. The van der Waals surface area contributed by atoms with Crippen LogP contribution in [0, 0.1) is 11.8 Å². The fourth-order valence-electron chi connectivity index (χ4n) is 5.62. The van der Waals surface area contributed by atoms with Gasteiger partial charge in [-0.15, -0.1) is 11.8 Å². The molecule has 212 valence electrons. The molecular weight excluding hydrogens is 516 g/mol. The second-order valence-corrected chi connectivity index (χ2v) is 12.6. The van der Waals surface area contributed by atoms with Crippen molar-refractivity contribution < 1.29 is 24.0 Å². The summed E-state index contributed by atoms with van der Waals surface area (Å²) in [6, 6.07) is 5.81. The monoisotopic (exact) mass is 556 g/mol. The first-order chi connectivity index (χ1) is 18.7. The van der Waals surface area contributed by atoms with Gasteiger partial charge < -0.3 is 21.3 Å². The van der Waals surface area contributed by atoms with Gasteiger partial charge in [0.1, 0.15) is 6.04 Å². The standard InChI is InChI=1S/C29H40N4O5S/c1-17(2)14-22(33-28(37)24-16-18-8-6-7-11-23(18)39-24)27(36)32-21(15-19-12-13-30-26(19)35)25(34)29(38)31-20-9-4-3-5-10-20/h6-8,11,17,19-22,24H,3-5,9-10,12-16H2,1-2H3,(H,30,35)(H,31,38)(H,32,36)(H,33,37)/t19-,21-,22-,24?/m0/s1. The average Bonchev–Trinajstić information content (AvgIpc) is 3.53. The second-order valence-electron chi connectivity index (χ2n) is 11.4. The summed E-state index contributed by atoms with van der Waals surface area (Å²) in [5.74, 6) is -2.77. The molecule has 1 aromatic rings. The van der Waals surface area contributed by atoms with Crippen LogP contribution in [0.1, 0.15) is 70.8 Å². The number of nitrogens with one attached hydrogen (secondary N) is 4. The molecule has 1 aliphatic carbocycles. The number of carbonyl (C=O) groups excluding carboxylic acids is 5. The molecule has 4 atom stereocenters. The van der Waals surface area contributed by atoms with E-state index in [0.717, 1.165) is 42.6 Å². The molecule has 0 bridgehead atoms. The molecule has 39 heavy (non-hydrogen) atoms. The van der Waals surface area contributed by atoms with E-state index in [0.29, 0.717) is 25.8 Å². The zero-order valence-corrected chi connectivity index (χ0v) is 23.6. The number of thioether (sulfide) groups is 1. The van der Waals surface area contributed by atoms with Crippen LogP contribution in [0.15, 0.2) is 29.2 Å². The molecule has 4 N–H and O–H groups in total. The predicted molar refractivity (Wildman–Crippen MR) is 149 cm³/mol. The maximum absolute atomic E-state index is 13.5. The van der Waals surface area contributed by atoms with E-state index < -0.39 is 35.6 Å². The number of ketones is 1. The second kappa shape index (κ2) is 13.5. The van der Waals surface area contributed by atoms with E-state index in [9.17, 15) is 24.0 Å². The highest BCUT2D eigenvalue weighted by Gasteiger charge is 2.37. The fraction of sp³-hybridized carbons (Fsp3) is 0.621. The van der Waals surface area contributed by atoms with E-state index in [1.54, 1.807) is 0 Å². The minimum atomic E-state index is -1.15. The molecule has 0 radical (unpaired) electrons. The third-order valence-electron chi connectivity index (χ3n) is 7.76. The number of carbonyl (C=O) groups is 5. The SMILES string of the molecule is CC(C)C[C@H](NC(=O)C1Cc2ccccc2S1)C(=O)N[C@@H](C[C@@H]1CCNC1=O)C(=O)C(=O)NC1CCCCC1. The van der Waals surface area contributed by atoms with Crippen LogP contribution in [-0.4, -0.2) is 59.3 Å². The fourth-order valence-corrected chi connectivity index (χ4v) is 6.82. The van der Waals surface area contributed by atoms with E-state index in [1.807, 2.05) is 38.1 Å². The van der Waals surface area contributed by atoms with Gasteiger partial charge >= 0.3 is 0 Å². The molecule has 1 saturated carbocycles. The first-order valence-electron chi connectivity index (χ1n) is 14.2. The molecule has 1 saturated heterocycles. The van der Waals surface area contributed by atoms with Crippen molar-refractivity contribution in [3.05, 3.63) is 29.8 Å². The Balaban J connectivity index is 1.44. The van der Waals surface area contributed by atoms with Crippen molar-refractivity contribution in [3.8, 4) is 0 Å². The third-order valence-corrected chi connectivity index (χ3v) is 9.08. The topological polar surface area (TPSA) is 133 Å². The number of rotatable bonds is 11. The Morgan fingerprint density at radius 2 is 1.74 bits per heavy atom. The Morgan fingerprint density at radius 1 is 1.00 bits per heavy atom. The van der Waals surface area contributed by atoms with E-state index in [4.69, 9.17) is 0 Å². The van der Waals surface area contributed by atoms with Crippen molar-refractivity contribution in [1.29, 1.82) is 0 Å². The Labute approximate surface area is 234 Å². The van der Waals surface area contributed by atoms with Crippen LogP contribution in [0.25, 0.3) is 0 Å². The van der Waals surface area contributed by atoms with Gasteiger partial charge in [0, 0.05) is 23.4 Å². The number of hydrogen-bond acceptors (Lipinski definition) is 6. The van der Waals surface area contributed by atoms with Gasteiger partial charge in [0.05, 0.1) is 11.3 Å². The van der Waals surface area contributed by atoms with E-state index >= 15 is 0 Å². The van der Waals surface area contributed by atoms with Crippen LogP contribution in [0.2, 0.25) is 0 Å². The summed E-state index contributed by atoms with van der Waals surface area (Å²) in [4.78, 5) is 66.2. The lowest BCUT2D eigenvalue weighted by molar-refractivity contribution is -0.141. The molecule has 4 rings (SSSR count). The van der Waals surface area contributed by atoms with Gasteiger partial charge in [0.25, 0.3) is 5.91 Å². The zero-order chi connectivity index (χ0) is 27.9. The number of benzene rings is 1. The molecule has 10 heteroatoms. The molecule has 0 spiro atoms. The van der Waals surface area contributed by atoms with Crippen molar-refractivity contribution in [2.45, 2.75) is 99.9 Å². The van der Waals surface area contributed by atoms with Gasteiger partial charge in [0.15, 0.2) is 0 Å². The molecule has 4 amide bonds. The van der Waals surface area contributed by atoms with E-state index in [-0.39, 0.29) is 35.4 Å². The number of fused-ring (bicyclic) bond motifs is 1. The largest absolute Gasteiger partial charge is 0.356 e. The maximum atomic E-state index is 13.5. The van der Waals surface area contributed by atoms with Crippen LogP contribution in [-0.2, 0) is 30.4 Å². The summed E-state index contributed by atoms with van der Waals surface area (Å²) in [5, 5.41) is 10.9. The lowest BCUT2D eigenvalue weighted by Gasteiger charge is -2.27. The van der Waals surface area contributed by atoms with Crippen LogP contribution in [0.5, 0.6) is 0 Å². The summed E-state index contributed by atoms with van der Waals surface area (Å²) in [6.45, 7) is 4.41. The van der Waals surface area contributed by atoms with Gasteiger partial charge in [0.2, 0.25) is 23.5 Å². The van der Waals surface area contributed by atoms with Gasteiger partial charge in [-0.3, -0.25) is 24.0 Å². The summed E-state index contributed by atoms with van der Waals surface area (Å²) in [7, 11) is 0. The Kier molecular flexibility index (Phi) is 10.0. The molecule has 3 aliphatic rings. The van der Waals surface area contributed by atoms with E-state index in [2.05, 4.69) is 21.3 Å². The predicted octanol–water partition coefficient (Wildman–Crippen LogP) is 2.26. The first-order valence-corrected chi connectivity index (χ1v) is 15.1. The Bertz CT molecular complexity index is 1060. The number of hydrogen-bond donors (Lipinski definition) is 4. The van der Waals surface area contributed by atoms with E-state index in [1.165, 1.54) is 11.8 Å². The molecule has 2 fully saturated rings. The molecule has 2 heterocycles. The van der Waals surface area contributed by atoms with Crippen LogP contribution in [0.4, 0.5) is 0 Å². The van der Waals surface area contributed by atoms with Crippen molar-refractivity contribution >= 4 is 41.2 Å². The highest BCUT2D eigenvalue weighted by atomic mass is 32.2. The minimum Gasteiger partial charge on any atom is -0.356 e. The Morgan fingerprint density at radius 3 is 2.41 bits per heavy atom. The molecule has 9 nitrogen and oxygen atoms in total. The van der Waals surface area contributed by atoms with Crippen molar-refractivity contribution in [2.24, 2.45) is 11.8 Å². The van der Waals surface area contributed by atoms with Crippen LogP contribution < -0.4 is 21.3 Å². The zero-order valence-electron chi connectivity index (χ0n) is 22.8. The molecule has 1 aromatic carbocycles. The first kappa shape index (κ1) is 29.1. The normalized spacial score (nSPS) is 22.5. The molecular formula is C29H40N4O5S. The van der Waals surface area contributed by atoms with Gasteiger partial charge in [-0.1, -0.05) is 51.3 Å². The van der Waals surface area contributed by atoms with Crippen LogP contribution in [0.3, 0.4) is 0 Å². The van der Waals surface area contributed by atoms with Crippen molar-refractivity contribution in [1.82, 2.24) is 21.3 Å². The summed E-state index contributed by atoms with van der Waals surface area (Å²) in [6.07, 6.45) is 6.32. The quantitative estimate of drug-likeness (QED) is 0.309. The Hall–Kier alpha value is -2.88. The lowest BCUT2D eigenvalue weighted by atomic mass is 9.93. The van der Waals surface area contributed by atoms with Gasteiger partial charge in [-0.25, -0.2) is 0 Å². The molecule has 0 aromatic heterocycles. The van der Waals surface area contributed by atoms with Gasteiger partial charge in [-0.2, -0.15) is 0 Å². The summed E-state index contributed by atoms with van der Waals surface area (Å²) < 4.78 is 0. The summed E-state index contributed by atoms with van der Waals surface area (Å²) in [5.41, 5.74) is 1.11. The molecule has 2 aliphatic heterocycles. The third kappa shape index (κ3) is 7.84. The lowest BCUT2D eigenvalue weighted by Crippen LogP contribution is -2.56. The van der Waals surface area contributed by atoms with Crippen LogP contribution >= 0.6 is 11.8 Å². The molecule has 1 unspecified atom stereocenters. The highest BCUT2D eigenvalue weighted by molar-refractivity contribution is 8.01. The summed E-state index contributed by atoms with van der Waals surface area (Å²) >= 11 is 1.48. The number of Topliss-reactive ketones (excluding diaryl/α,β-unsaturated/α-hetero) is 1. The number of amides is 4. The van der Waals surface area contributed by atoms with Crippen molar-refractivity contribution in [2.75, 3.05) is 6.54 Å². The van der Waals surface area contributed by atoms with Gasteiger partial charge in [-0.05, 0) is 56.1 Å². The van der Waals surface area contributed by atoms with Crippen molar-refractivity contribution in [3.63, 3.8) is 0 Å².